The summed E-state index contributed by atoms with van der Waals surface area (Å²) in [7, 11) is 1.61. The highest BCUT2D eigenvalue weighted by Crippen LogP contribution is 1.94. The van der Waals surface area contributed by atoms with Crippen molar-refractivity contribution in [3.05, 3.63) is 0 Å². The lowest BCUT2D eigenvalue weighted by molar-refractivity contribution is -0.161. The van der Waals surface area contributed by atoms with Gasteiger partial charge in [0, 0.05) is 0 Å². The van der Waals surface area contributed by atoms with E-state index in [2.05, 4.69) is 10.1 Å². The highest BCUT2D eigenvalue weighted by Gasteiger charge is 2.20. The van der Waals surface area contributed by atoms with Gasteiger partial charge < -0.3 is 15.8 Å². The molecule has 5 nitrogen and oxygen atoms in total. The van der Waals surface area contributed by atoms with E-state index in [-0.39, 0.29) is 0 Å². The van der Waals surface area contributed by atoms with Crippen molar-refractivity contribution < 1.29 is 14.3 Å². The summed E-state index contributed by atoms with van der Waals surface area (Å²) in [6.07, 6.45) is 0.458. The molecule has 0 heterocycles. The van der Waals surface area contributed by atoms with Crippen LogP contribution < -0.4 is 11.1 Å². The molecule has 0 rings (SSSR count). The molecule has 0 aromatic heterocycles. The van der Waals surface area contributed by atoms with E-state index in [1.165, 1.54) is 0 Å². The lowest BCUT2D eigenvalue weighted by Crippen LogP contribution is -2.39. The van der Waals surface area contributed by atoms with Gasteiger partial charge in [0.25, 0.3) is 0 Å². The second kappa shape index (κ2) is 5.66. The highest BCUT2D eigenvalue weighted by molar-refractivity contribution is 5.90. The molecule has 0 amide bonds. The number of likely N-dealkylation sites (N-methyl/N-ethyl adjacent to an activating group) is 1. The zero-order chi connectivity index (χ0) is 10.4. The number of rotatable bonds is 4. The van der Waals surface area contributed by atoms with Crippen molar-refractivity contribution in [2.24, 2.45) is 5.73 Å². The first-order chi connectivity index (χ1) is 6.02. The van der Waals surface area contributed by atoms with Crippen molar-refractivity contribution >= 4 is 11.9 Å². The Morgan fingerprint density at radius 3 is 2.38 bits per heavy atom. The minimum atomic E-state index is -0.715. The van der Waals surface area contributed by atoms with Gasteiger partial charge in [-0.3, -0.25) is 0 Å². The van der Waals surface area contributed by atoms with Crippen molar-refractivity contribution in [3.8, 4) is 0 Å². The van der Waals surface area contributed by atoms with Crippen molar-refractivity contribution in [1.29, 1.82) is 0 Å². The monoisotopic (exact) mass is 188 g/mol. The van der Waals surface area contributed by atoms with Crippen LogP contribution in [0.25, 0.3) is 0 Å². The average Bonchev–Trinajstić information content (AvgIpc) is 2.14. The summed E-state index contributed by atoms with van der Waals surface area (Å²) in [5.41, 5.74) is 5.36. The molecule has 0 saturated heterocycles. The fraction of sp³-hybridized carbons (Fsp3) is 0.750. The second-order valence-electron chi connectivity index (χ2n) is 2.77. The van der Waals surface area contributed by atoms with Gasteiger partial charge in [0.15, 0.2) is 0 Å². The van der Waals surface area contributed by atoms with Crippen molar-refractivity contribution in [2.45, 2.75) is 32.4 Å². The maximum absolute atomic E-state index is 11.0. The Kier molecular flexibility index (Phi) is 5.25. The van der Waals surface area contributed by atoms with E-state index in [0.29, 0.717) is 6.42 Å². The lowest BCUT2D eigenvalue weighted by Gasteiger charge is -2.11. The van der Waals surface area contributed by atoms with E-state index in [1.54, 1.807) is 20.9 Å². The van der Waals surface area contributed by atoms with E-state index in [0.717, 1.165) is 0 Å². The summed E-state index contributed by atoms with van der Waals surface area (Å²) in [5.74, 6) is -1.27. The maximum atomic E-state index is 11.0. The van der Waals surface area contributed by atoms with Gasteiger partial charge in [0.1, 0.15) is 12.1 Å². The third-order valence-corrected chi connectivity index (χ3v) is 1.73. The minimum absolute atomic E-state index is 0.458. The lowest BCUT2D eigenvalue weighted by atomic mass is 10.2. The summed E-state index contributed by atoms with van der Waals surface area (Å²) < 4.78 is 4.49. The molecule has 1 unspecified atom stereocenters. The SMILES string of the molecule is CCC(N)C(=O)OC(=O)[C@H](C)NC. The molecule has 5 heteroatoms. The number of esters is 2. The molecule has 0 aliphatic carbocycles. The Balaban J connectivity index is 3.99. The smallest absolute Gasteiger partial charge is 0.330 e. The fourth-order valence-corrected chi connectivity index (χ4v) is 0.548. The quantitative estimate of drug-likeness (QED) is 0.455. The largest absolute Gasteiger partial charge is 0.391 e. The predicted octanol–water partition coefficient (Wildman–Crippen LogP) is -0.599. The van der Waals surface area contributed by atoms with Gasteiger partial charge in [0.2, 0.25) is 0 Å². The van der Waals surface area contributed by atoms with Crippen LogP contribution in [0.3, 0.4) is 0 Å². The van der Waals surface area contributed by atoms with Crippen LogP contribution in [0.4, 0.5) is 0 Å². The summed E-state index contributed by atoms with van der Waals surface area (Å²) >= 11 is 0. The van der Waals surface area contributed by atoms with Crippen LogP contribution in [-0.4, -0.2) is 31.1 Å². The first-order valence-corrected chi connectivity index (χ1v) is 4.21. The fourth-order valence-electron chi connectivity index (χ4n) is 0.548. The molecular formula is C8H16N2O3. The number of hydrogen-bond donors (Lipinski definition) is 2. The van der Waals surface area contributed by atoms with Crippen LogP contribution in [0, 0.1) is 0 Å². The topological polar surface area (TPSA) is 81.4 Å². The first-order valence-electron chi connectivity index (χ1n) is 4.21. The van der Waals surface area contributed by atoms with Crippen molar-refractivity contribution in [3.63, 3.8) is 0 Å². The van der Waals surface area contributed by atoms with Gasteiger partial charge in [-0.05, 0) is 20.4 Å². The summed E-state index contributed by atoms with van der Waals surface area (Å²) in [5, 5.41) is 2.66. The molecule has 3 N–H and O–H groups in total. The molecule has 13 heavy (non-hydrogen) atoms. The predicted molar refractivity (Wildman–Crippen MR) is 47.9 cm³/mol. The molecule has 0 radical (unpaired) electrons. The Bertz CT molecular complexity index is 174. The van der Waals surface area contributed by atoms with E-state index < -0.39 is 24.0 Å². The molecule has 0 bridgehead atoms. The van der Waals surface area contributed by atoms with Gasteiger partial charge >= 0.3 is 11.9 Å². The molecular weight excluding hydrogens is 172 g/mol. The number of carbonyl (C=O) groups is 2. The van der Waals surface area contributed by atoms with Gasteiger partial charge in [0.05, 0.1) is 0 Å². The van der Waals surface area contributed by atoms with Crippen LogP contribution >= 0.6 is 0 Å². The van der Waals surface area contributed by atoms with E-state index in [4.69, 9.17) is 5.73 Å². The molecule has 0 spiro atoms. The zero-order valence-electron chi connectivity index (χ0n) is 8.16. The minimum Gasteiger partial charge on any atom is -0.391 e. The number of nitrogens with one attached hydrogen (secondary N) is 1. The van der Waals surface area contributed by atoms with Crippen LogP contribution in [0.1, 0.15) is 20.3 Å². The Morgan fingerprint density at radius 2 is 2.00 bits per heavy atom. The highest BCUT2D eigenvalue weighted by atomic mass is 16.6. The zero-order valence-corrected chi connectivity index (χ0v) is 8.16. The summed E-state index contributed by atoms with van der Waals surface area (Å²) in [6, 6.07) is -1.21. The molecule has 0 fully saturated rings. The van der Waals surface area contributed by atoms with Crippen LogP contribution in [-0.2, 0) is 14.3 Å². The number of hydrogen-bond acceptors (Lipinski definition) is 5. The second-order valence-corrected chi connectivity index (χ2v) is 2.77. The molecule has 0 saturated carbocycles. The Hall–Kier alpha value is -0.940. The molecule has 0 aromatic carbocycles. The third kappa shape index (κ3) is 4.00. The summed E-state index contributed by atoms with van der Waals surface area (Å²) in [4.78, 5) is 22.1. The molecule has 0 aliphatic heterocycles. The molecule has 0 aromatic rings. The maximum Gasteiger partial charge on any atom is 0.330 e. The third-order valence-electron chi connectivity index (χ3n) is 1.73. The van der Waals surface area contributed by atoms with Crippen molar-refractivity contribution in [1.82, 2.24) is 5.32 Å². The van der Waals surface area contributed by atoms with Crippen LogP contribution in [0.2, 0.25) is 0 Å². The molecule has 2 atom stereocenters. The molecule has 76 valence electrons. The van der Waals surface area contributed by atoms with Gasteiger partial charge in [-0.2, -0.15) is 0 Å². The molecule has 0 aliphatic rings. The van der Waals surface area contributed by atoms with Crippen LogP contribution in [0.15, 0.2) is 0 Å². The number of ether oxygens (including phenoxy) is 1. The Morgan fingerprint density at radius 1 is 1.46 bits per heavy atom. The van der Waals surface area contributed by atoms with Gasteiger partial charge in [-0.15, -0.1) is 0 Å². The standard InChI is InChI=1S/C8H16N2O3/c1-4-6(9)8(12)13-7(11)5(2)10-3/h5-6,10H,4,9H2,1-3H3/t5-,6?/m0/s1. The van der Waals surface area contributed by atoms with Gasteiger partial charge in [-0.1, -0.05) is 6.92 Å². The normalized spacial score (nSPS) is 14.8. The average molecular weight is 188 g/mol. The van der Waals surface area contributed by atoms with Crippen molar-refractivity contribution in [2.75, 3.05) is 7.05 Å². The van der Waals surface area contributed by atoms with Gasteiger partial charge in [-0.25, -0.2) is 9.59 Å². The van der Waals surface area contributed by atoms with E-state index in [9.17, 15) is 9.59 Å². The van der Waals surface area contributed by atoms with E-state index >= 15 is 0 Å². The Labute approximate surface area is 77.6 Å². The summed E-state index contributed by atoms with van der Waals surface area (Å²) in [6.45, 7) is 3.35. The number of carbonyl (C=O) groups excluding carboxylic acids is 2. The number of nitrogens with two attached hydrogens (primary N) is 1. The first kappa shape index (κ1) is 12.1. The van der Waals surface area contributed by atoms with Crippen LogP contribution in [0.5, 0.6) is 0 Å². The van der Waals surface area contributed by atoms with E-state index in [1.807, 2.05) is 0 Å².